The van der Waals surface area contributed by atoms with Crippen LogP contribution in [0, 0.1) is 0 Å². The lowest BCUT2D eigenvalue weighted by molar-refractivity contribution is -0.158. The van der Waals surface area contributed by atoms with Crippen LogP contribution in [0.25, 0.3) is 10.8 Å². The molecule has 25 heavy (non-hydrogen) atoms. The van der Waals surface area contributed by atoms with Crippen molar-refractivity contribution in [3.05, 3.63) is 40.8 Å². The van der Waals surface area contributed by atoms with Gasteiger partial charge < -0.3 is 18.9 Å². The number of hydrogen-bond acceptors (Lipinski definition) is 4. The molecule has 0 N–H and O–H groups in total. The van der Waals surface area contributed by atoms with Crippen molar-refractivity contribution in [3.63, 3.8) is 0 Å². The highest BCUT2D eigenvalue weighted by Crippen LogP contribution is 2.23. The Balaban J connectivity index is 1.87. The van der Waals surface area contributed by atoms with Gasteiger partial charge >= 0.3 is 0 Å². The van der Waals surface area contributed by atoms with Gasteiger partial charge in [0.2, 0.25) is 5.91 Å². The Labute approximate surface area is 146 Å². The summed E-state index contributed by atoms with van der Waals surface area (Å²) in [5, 5.41) is 1.30. The fourth-order valence-corrected chi connectivity index (χ4v) is 3.48. The Kier molecular flexibility index (Phi) is 4.56. The van der Waals surface area contributed by atoms with Crippen LogP contribution >= 0.6 is 0 Å². The largest absolute Gasteiger partial charge is 0.496 e. The number of rotatable bonds is 3. The molecule has 1 atom stereocenters. The van der Waals surface area contributed by atoms with Crippen LogP contribution in [0.2, 0.25) is 0 Å². The zero-order valence-electron chi connectivity index (χ0n) is 15.1. The molecule has 3 rings (SSSR count). The quantitative estimate of drug-likeness (QED) is 0.855. The van der Waals surface area contributed by atoms with E-state index >= 15 is 0 Å². The predicted octanol–water partition coefficient (Wildman–Crippen LogP) is 2.04. The Morgan fingerprint density at radius 1 is 1.32 bits per heavy atom. The van der Waals surface area contributed by atoms with Crippen molar-refractivity contribution in [2.75, 3.05) is 20.2 Å². The third-order valence-electron chi connectivity index (χ3n) is 4.43. The van der Waals surface area contributed by atoms with Crippen molar-refractivity contribution < 1.29 is 14.3 Å². The maximum atomic E-state index is 12.7. The standard InChI is InChI=1S/C19H24N2O4/c1-13-10-21(12-19(2,3)25-13)17(22)11-20-9-8-14-15(18(20)23)6-5-7-16(14)24-4/h5-9,13H,10-12H2,1-4H3. The number of methoxy groups -OCH3 is 1. The molecule has 1 aromatic heterocycles. The highest BCUT2D eigenvalue weighted by atomic mass is 16.5. The van der Waals surface area contributed by atoms with Gasteiger partial charge in [0, 0.05) is 24.7 Å². The van der Waals surface area contributed by atoms with Crippen molar-refractivity contribution in [1.82, 2.24) is 9.47 Å². The number of pyridine rings is 1. The number of aromatic nitrogens is 1. The zero-order valence-corrected chi connectivity index (χ0v) is 15.1. The van der Waals surface area contributed by atoms with Crippen LogP contribution in [-0.4, -0.2) is 47.3 Å². The molecular weight excluding hydrogens is 320 g/mol. The van der Waals surface area contributed by atoms with Gasteiger partial charge in [-0.1, -0.05) is 6.07 Å². The molecule has 2 aromatic rings. The van der Waals surface area contributed by atoms with Crippen LogP contribution in [-0.2, 0) is 16.1 Å². The molecule has 1 saturated heterocycles. The molecule has 1 aromatic carbocycles. The number of amides is 1. The summed E-state index contributed by atoms with van der Waals surface area (Å²) in [6.07, 6.45) is 1.63. The third-order valence-corrected chi connectivity index (χ3v) is 4.43. The van der Waals surface area contributed by atoms with Crippen LogP contribution in [0.3, 0.4) is 0 Å². The monoisotopic (exact) mass is 344 g/mol. The molecule has 0 spiro atoms. The molecule has 0 saturated carbocycles. The van der Waals surface area contributed by atoms with Gasteiger partial charge in [-0.15, -0.1) is 0 Å². The Morgan fingerprint density at radius 2 is 2.08 bits per heavy atom. The van der Waals surface area contributed by atoms with Gasteiger partial charge in [-0.3, -0.25) is 9.59 Å². The minimum absolute atomic E-state index is 0.0226. The molecule has 0 bridgehead atoms. The zero-order chi connectivity index (χ0) is 18.2. The highest BCUT2D eigenvalue weighted by molar-refractivity contribution is 5.87. The molecule has 6 heteroatoms. The molecular formula is C19H24N2O4. The van der Waals surface area contributed by atoms with E-state index in [1.54, 1.807) is 30.3 Å². The summed E-state index contributed by atoms with van der Waals surface area (Å²) in [6.45, 7) is 6.98. The summed E-state index contributed by atoms with van der Waals surface area (Å²) in [5.41, 5.74) is -0.569. The lowest BCUT2D eigenvalue weighted by atomic mass is 10.1. The van der Waals surface area contributed by atoms with Crippen LogP contribution in [0.1, 0.15) is 20.8 Å². The maximum Gasteiger partial charge on any atom is 0.259 e. The second kappa shape index (κ2) is 6.52. The van der Waals surface area contributed by atoms with E-state index in [1.165, 1.54) is 4.57 Å². The summed E-state index contributed by atoms with van der Waals surface area (Å²) in [5.74, 6) is 0.574. The van der Waals surface area contributed by atoms with Crippen molar-refractivity contribution in [3.8, 4) is 5.75 Å². The minimum Gasteiger partial charge on any atom is -0.496 e. The van der Waals surface area contributed by atoms with E-state index in [2.05, 4.69) is 0 Å². The lowest BCUT2D eigenvalue weighted by Crippen LogP contribution is -2.54. The molecule has 1 aliphatic rings. The summed E-state index contributed by atoms with van der Waals surface area (Å²) >= 11 is 0. The van der Waals surface area contributed by atoms with E-state index in [0.717, 1.165) is 5.39 Å². The van der Waals surface area contributed by atoms with Gasteiger partial charge in [-0.05, 0) is 39.0 Å². The number of fused-ring (bicyclic) bond motifs is 1. The van der Waals surface area contributed by atoms with E-state index < -0.39 is 0 Å². The fraction of sp³-hybridized carbons (Fsp3) is 0.474. The number of nitrogens with zero attached hydrogens (tertiary/aromatic N) is 2. The SMILES string of the molecule is COc1cccc2c(=O)n(CC(=O)N3CC(C)OC(C)(C)C3)ccc12. The first kappa shape index (κ1) is 17.5. The van der Waals surface area contributed by atoms with Gasteiger partial charge in [0.1, 0.15) is 12.3 Å². The predicted molar refractivity (Wildman–Crippen MR) is 96.0 cm³/mol. The van der Waals surface area contributed by atoms with Gasteiger partial charge in [0.15, 0.2) is 0 Å². The first-order valence-electron chi connectivity index (χ1n) is 8.42. The molecule has 1 fully saturated rings. The Bertz CT molecular complexity index is 856. The maximum absolute atomic E-state index is 12.7. The van der Waals surface area contributed by atoms with Crippen LogP contribution in [0.5, 0.6) is 5.75 Å². The van der Waals surface area contributed by atoms with Gasteiger partial charge in [0.25, 0.3) is 5.56 Å². The summed E-state index contributed by atoms with van der Waals surface area (Å²) < 4.78 is 12.6. The summed E-state index contributed by atoms with van der Waals surface area (Å²) in [4.78, 5) is 27.2. The van der Waals surface area contributed by atoms with E-state index in [4.69, 9.17) is 9.47 Å². The van der Waals surface area contributed by atoms with Crippen molar-refractivity contribution in [2.24, 2.45) is 0 Å². The van der Waals surface area contributed by atoms with E-state index in [9.17, 15) is 9.59 Å². The summed E-state index contributed by atoms with van der Waals surface area (Å²) in [7, 11) is 1.57. The fourth-order valence-electron chi connectivity index (χ4n) is 3.48. The number of ether oxygens (including phenoxy) is 2. The summed E-state index contributed by atoms with van der Waals surface area (Å²) in [6, 6.07) is 7.16. The van der Waals surface area contributed by atoms with E-state index in [1.807, 2.05) is 32.9 Å². The highest BCUT2D eigenvalue weighted by Gasteiger charge is 2.33. The molecule has 1 unspecified atom stereocenters. The second-order valence-electron chi connectivity index (χ2n) is 7.13. The Hall–Kier alpha value is -2.34. The van der Waals surface area contributed by atoms with Crippen LogP contribution in [0.15, 0.2) is 35.3 Å². The van der Waals surface area contributed by atoms with E-state index in [-0.39, 0.29) is 29.7 Å². The lowest BCUT2D eigenvalue weighted by Gasteiger charge is -2.41. The first-order chi connectivity index (χ1) is 11.8. The molecule has 0 aliphatic carbocycles. The second-order valence-corrected chi connectivity index (χ2v) is 7.13. The third kappa shape index (κ3) is 3.54. The molecule has 134 valence electrons. The van der Waals surface area contributed by atoms with Crippen molar-refractivity contribution >= 4 is 16.7 Å². The van der Waals surface area contributed by atoms with Crippen LogP contribution < -0.4 is 10.3 Å². The molecule has 2 heterocycles. The first-order valence-corrected chi connectivity index (χ1v) is 8.42. The van der Waals surface area contributed by atoms with E-state index in [0.29, 0.717) is 24.2 Å². The van der Waals surface area contributed by atoms with Crippen LogP contribution in [0.4, 0.5) is 0 Å². The number of carbonyl (C=O) groups is 1. The average molecular weight is 344 g/mol. The molecule has 1 amide bonds. The number of morpholine rings is 1. The number of carbonyl (C=O) groups excluding carboxylic acids is 1. The molecule has 0 radical (unpaired) electrons. The van der Waals surface area contributed by atoms with Gasteiger partial charge in [-0.2, -0.15) is 0 Å². The molecule has 6 nitrogen and oxygen atoms in total. The van der Waals surface area contributed by atoms with Gasteiger partial charge in [0.05, 0.1) is 24.2 Å². The minimum atomic E-state index is -0.380. The topological polar surface area (TPSA) is 60.8 Å². The normalized spacial score (nSPS) is 19.8. The van der Waals surface area contributed by atoms with Crippen molar-refractivity contribution in [2.45, 2.75) is 39.0 Å². The molecule has 1 aliphatic heterocycles. The van der Waals surface area contributed by atoms with Gasteiger partial charge in [-0.25, -0.2) is 0 Å². The Morgan fingerprint density at radius 3 is 2.76 bits per heavy atom. The number of benzene rings is 1. The average Bonchev–Trinajstić information content (AvgIpc) is 2.55. The smallest absolute Gasteiger partial charge is 0.259 e. The van der Waals surface area contributed by atoms with Crippen molar-refractivity contribution in [1.29, 1.82) is 0 Å². The number of hydrogen-bond donors (Lipinski definition) is 0.